The molecule has 0 radical (unpaired) electrons. The summed E-state index contributed by atoms with van der Waals surface area (Å²) in [7, 11) is 0. The van der Waals surface area contributed by atoms with E-state index in [-0.39, 0.29) is 5.91 Å². The number of nitrogens with one attached hydrogen (secondary N) is 1. The molecule has 0 aliphatic carbocycles. The molecule has 0 aromatic carbocycles. The molecule has 1 rings (SSSR count). The average molecular weight is 182 g/mol. The molecule has 0 saturated carbocycles. The lowest BCUT2D eigenvalue weighted by atomic mass is 10.3. The number of unbranched alkanes of at least 4 members (excludes halogenated alkanes) is 1. The molecule has 72 valence electrons. The smallest absolute Gasteiger partial charge is 0.226 e. The number of hydrogen-bond acceptors (Lipinski definition) is 3. The topological polar surface area (TPSA) is 55.1 Å². The average Bonchev–Trinajstić information content (AvgIpc) is 2.57. The molecule has 1 aromatic heterocycles. The molecule has 0 atom stereocenters. The molecule has 1 heterocycles. The third kappa shape index (κ3) is 3.73. The molecule has 1 N–H and O–H groups in total. The highest BCUT2D eigenvalue weighted by Gasteiger charge is 2.04. The molecule has 0 saturated heterocycles. The van der Waals surface area contributed by atoms with Crippen LogP contribution in [0.4, 0.5) is 0 Å². The molecule has 0 aliphatic rings. The predicted octanol–water partition coefficient (Wildman–Crippen LogP) is 1.13. The van der Waals surface area contributed by atoms with E-state index >= 15 is 0 Å². The van der Waals surface area contributed by atoms with Crippen LogP contribution in [-0.2, 0) is 11.2 Å². The number of aromatic nitrogens is 1. The molecular weight excluding hydrogens is 168 g/mol. The van der Waals surface area contributed by atoms with Crippen LogP contribution < -0.4 is 5.32 Å². The zero-order chi connectivity index (χ0) is 9.52. The maximum atomic E-state index is 11.2. The minimum Gasteiger partial charge on any atom is -0.364 e. The largest absolute Gasteiger partial charge is 0.364 e. The first-order valence-corrected chi connectivity index (χ1v) is 4.49. The van der Waals surface area contributed by atoms with Crippen molar-refractivity contribution in [1.82, 2.24) is 10.5 Å². The van der Waals surface area contributed by atoms with Crippen LogP contribution in [0.25, 0.3) is 0 Å². The third-order valence-electron chi connectivity index (χ3n) is 1.69. The van der Waals surface area contributed by atoms with Crippen LogP contribution in [0.15, 0.2) is 16.9 Å². The Kier molecular flexibility index (Phi) is 4.02. The lowest BCUT2D eigenvalue weighted by Crippen LogP contribution is -2.26. The van der Waals surface area contributed by atoms with Crippen LogP contribution in [0.1, 0.15) is 25.5 Å². The van der Waals surface area contributed by atoms with Crippen molar-refractivity contribution in [2.24, 2.45) is 0 Å². The van der Waals surface area contributed by atoms with E-state index in [1.54, 1.807) is 6.07 Å². The SMILES string of the molecule is CCCCNC(=O)Cc1ccon1. The summed E-state index contributed by atoms with van der Waals surface area (Å²) in [5.41, 5.74) is 0.675. The molecule has 0 spiro atoms. The van der Waals surface area contributed by atoms with Gasteiger partial charge in [0, 0.05) is 12.6 Å². The van der Waals surface area contributed by atoms with Gasteiger partial charge in [-0.25, -0.2) is 0 Å². The minimum atomic E-state index is 0.00218. The van der Waals surface area contributed by atoms with Crippen LogP contribution in [0.2, 0.25) is 0 Å². The Morgan fingerprint density at radius 1 is 1.69 bits per heavy atom. The first-order chi connectivity index (χ1) is 6.33. The normalized spacial score (nSPS) is 9.92. The monoisotopic (exact) mass is 182 g/mol. The number of carbonyl (C=O) groups is 1. The first-order valence-electron chi connectivity index (χ1n) is 4.49. The summed E-state index contributed by atoms with van der Waals surface area (Å²) >= 11 is 0. The molecule has 1 amide bonds. The predicted molar refractivity (Wildman–Crippen MR) is 48.1 cm³/mol. The fourth-order valence-electron chi connectivity index (χ4n) is 0.960. The van der Waals surface area contributed by atoms with Crippen LogP contribution in [0, 0.1) is 0 Å². The van der Waals surface area contributed by atoms with E-state index in [0.717, 1.165) is 19.4 Å². The molecule has 0 fully saturated rings. The van der Waals surface area contributed by atoms with E-state index in [9.17, 15) is 4.79 Å². The molecule has 4 heteroatoms. The molecule has 13 heavy (non-hydrogen) atoms. The third-order valence-corrected chi connectivity index (χ3v) is 1.69. The zero-order valence-electron chi connectivity index (χ0n) is 7.75. The van der Waals surface area contributed by atoms with Gasteiger partial charge in [0.1, 0.15) is 6.26 Å². The minimum absolute atomic E-state index is 0.00218. The second-order valence-corrected chi connectivity index (χ2v) is 2.87. The second-order valence-electron chi connectivity index (χ2n) is 2.87. The maximum absolute atomic E-state index is 11.2. The van der Waals surface area contributed by atoms with Gasteiger partial charge in [0.05, 0.1) is 12.1 Å². The fourth-order valence-corrected chi connectivity index (χ4v) is 0.960. The van der Waals surface area contributed by atoms with Gasteiger partial charge in [0.15, 0.2) is 0 Å². The van der Waals surface area contributed by atoms with Crippen LogP contribution >= 0.6 is 0 Å². The van der Waals surface area contributed by atoms with Crippen molar-refractivity contribution in [2.75, 3.05) is 6.54 Å². The van der Waals surface area contributed by atoms with Gasteiger partial charge in [-0.05, 0) is 6.42 Å². The highest BCUT2D eigenvalue weighted by molar-refractivity contribution is 5.77. The van der Waals surface area contributed by atoms with Gasteiger partial charge in [-0.3, -0.25) is 4.79 Å². The van der Waals surface area contributed by atoms with Crippen molar-refractivity contribution in [2.45, 2.75) is 26.2 Å². The standard InChI is InChI=1S/C9H14N2O2/c1-2-3-5-10-9(12)7-8-4-6-13-11-8/h4,6H,2-3,5,7H2,1H3,(H,10,12). The van der Waals surface area contributed by atoms with E-state index in [1.165, 1.54) is 6.26 Å². The van der Waals surface area contributed by atoms with Gasteiger partial charge < -0.3 is 9.84 Å². The number of nitrogens with zero attached hydrogens (tertiary/aromatic N) is 1. The van der Waals surface area contributed by atoms with Crippen molar-refractivity contribution in [1.29, 1.82) is 0 Å². The highest BCUT2D eigenvalue weighted by atomic mass is 16.5. The highest BCUT2D eigenvalue weighted by Crippen LogP contribution is 1.95. The van der Waals surface area contributed by atoms with Crippen molar-refractivity contribution >= 4 is 5.91 Å². The van der Waals surface area contributed by atoms with Gasteiger partial charge in [-0.1, -0.05) is 18.5 Å². The Bertz CT molecular complexity index is 244. The van der Waals surface area contributed by atoms with Crippen molar-refractivity contribution in [3.05, 3.63) is 18.0 Å². The van der Waals surface area contributed by atoms with Gasteiger partial charge in [0.25, 0.3) is 0 Å². The number of rotatable bonds is 5. The van der Waals surface area contributed by atoms with Crippen LogP contribution in [0.5, 0.6) is 0 Å². The Balaban J connectivity index is 2.18. The molecule has 0 bridgehead atoms. The molecular formula is C9H14N2O2. The zero-order valence-corrected chi connectivity index (χ0v) is 7.75. The van der Waals surface area contributed by atoms with E-state index in [4.69, 9.17) is 0 Å². The van der Waals surface area contributed by atoms with E-state index in [2.05, 4.69) is 21.9 Å². The number of amides is 1. The maximum Gasteiger partial charge on any atom is 0.226 e. The van der Waals surface area contributed by atoms with Gasteiger partial charge in [-0.2, -0.15) is 0 Å². The molecule has 0 aliphatic heterocycles. The van der Waals surface area contributed by atoms with Crippen molar-refractivity contribution in [3.8, 4) is 0 Å². The Labute approximate surface area is 77.3 Å². The molecule has 4 nitrogen and oxygen atoms in total. The van der Waals surface area contributed by atoms with Crippen LogP contribution in [0.3, 0.4) is 0 Å². The first kappa shape index (κ1) is 9.77. The summed E-state index contributed by atoms with van der Waals surface area (Å²) in [5, 5.41) is 6.45. The van der Waals surface area contributed by atoms with Crippen molar-refractivity contribution in [3.63, 3.8) is 0 Å². The van der Waals surface area contributed by atoms with Crippen LogP contribution in [-0.4, -0.2) is 17.6 Å². The fraction of sp³-hybridized carbons (Fsp3) is 0.556. The van der Waals surface area contributed by atoms with E-state index in [1.807, 2.05) is 0 Å². The number of carbonyl (C=O) groups excluding carboxylic acids is 1. The summed E-state index contributed by atoms with van der Waals surface area (Å²) < 4.78 is 4.61. The Morgan fingerprint density at radius 2 is 2.54 bits per heavy atom. The summed E-state index contributed by atoms with van der Waals surface area (Å²) in [4.78, 5) is 11.2. The summed E-state index contributed by atoms with van der Waals surface area (Å²) in [6.45, 7) is 2.83. The van der Waals surface area contributed by atoms with Crippen molar-refractivity contribution < 1.29 is 9.32 Å². The Hall–Kier alpha value is -1.32. The Morgan fingerprint density at radius 3 is 3.15 bits per heavy atom. The summed E-state index contributed by atoms with van der Waals surface area (Å²) in [5.74, 6) is 0.00218. The molecule has 1 aromatic rings. The van der Waals surface area contributed by atoms with E-state index < -0.39 is 0 Å². The summed E-state index contributed by atoms with van der Waals surface area (Å²) in [6.07, 6.45) is 3.88. The summed E-state index contributed by atoms with van der Waals surface area (Å²) in [6, 6.07) is 1.69. The quantitative estimate of drug-likeness (QED) is 0.694. The van der Waals surface area contributed by atoms with Gasteiger partial charge in [-0.15, -0.1) is 0 Å². The molecule has 0 unspecified atom stereocenters. The lowest BCUT2D eigenvalue weighted by molar-refractivity contribution is -0.120. The second kappa shape index (κ2) is 5.35. The van der Waals surface area contributed by atoms with Gasteiger partial charge >= 0.3 is 0 Å². The number of hydrogen-bond donors (Lipinski definition) is 1. The van der Waals surface area contributed by atoms with E-state index in [0.29, 0.717) is 12.1 Å². The lowest BCUT2D eigenvalue weighted by Gasteiger charge is -2.01. The van der Waals surface area contributed by atoms with Gasteiger partial charge in [0.2, 0.25) is 5.91 Å².